The molecule has 1 aromatic heterocycles. The van der Waals surface area contributed by atoms with Gasteiger partial charge in [-0.25, -0.2) is 4.79 Å². The molecule has 0 aliphatic heterocycles. The average Bonchev–Trinajstić information content (AvgIpc) is 2.45. The lowest BCUT2D eigenvalue weighted by atomic mass is 9.90. The first-order valence-electron chi connectivity index (χ1n) is 6.86. The van der Waals surface area contributed by atoms with Crippen LogP contribution in [0.25, 0.3) is 0 Å². The highest BCUT2D eigenvalue weighted by molar-refractivity contribution is 5.98. The van der Waals surface area contributed by atoms with E-state index in [0.717, 1.165) is 0 Å². The van der Waals surface area contributed by atoms with E-state index in [4.69, 9.17) is 5.73 Å². The van der Waals surface area contributed by atoms with Gasteiger partial charge in [0.25, 0.3) is 5.91 Å². The largest absolute Gasteiger partial charge is 0.465 e. The zero-order chi connectivity index (χ0) is 16.9. The summed E-state index contributed by atoms with van der Waals surface area (Å²) in [5.41, 5.74) is 4.56. The Bertz CT molecular complexity index is 569. The van der Waals surface area contributed by atoms with E-state index in [9.17, 15) is 14.4 Å². The van der Waals surface area contributed by atoms with E-state index in [1.807, 2.05) is 13.8 Å². The molecule has 1 atom stereocenters. The summed E-state index contributed by atoms with van der Waals surface area (Å²) in [4.78, 5) is 39.0. The normalized spacial score (nSPS) is 13.3. The van der Waals surface area contributed by atoms with E-state index in [1.165, 1.54) is 25.4 Å². The van der Waals surface area contributed by atoms with Crippen molar-refractivity contribution in [2.75, 3.05) is 7.11 Å². The predicted molar refractivity (Wildman–Crippen MR) is 80.1 cm³/mol. The van der Waals surface area contributed by atoms with Crippen LogP contribution in [0.15, 0.2) is 18.3 Å². The number of carbonyl (C=O) groups is 3. The first-order valence-corrected chi connectivity index (χ1v) is 6.86. The number of nitrogens with one attached hydrogen (secondary N) is 1. The van der Waals surface area contributed by atoms with Gasteiger partial charge < -0.3 is 15.8 Å². The van der Waals surface area contributed by atoms with Gasteiger partial charge in [0.1, 0.15) is 11.2 Å². The minimum Gasteiger partial charge on any atom is -0.465 e. The molecule has 1 aromatic rings. The van der Waals surface area contributed by atoms with E-state index < -0.39 is 23.3 Å². The van der Waals surface area contributed by atoms with Crippen molar-refractivity contribution in [3.8, 4) is 0 Å². The molecule has 0 unspecified atom stereocenters. The maximum absolute atomic E-state index is 12.2. The quantitative estimate of drug-likeness (QED) is 0.758. The standard InChI is InChI=1S/C15H21N3O4/c1-9(2)7-15(3,14(16)21)18-12(19)11-6-5-10(8-17-11)13(20)22-4/h5-6,8-9H,7H2,1-4H3,(H2,16,21)(H,18,19)/t15-/m1/s1. The van der Waals surface area contributed by atoms with Gasteiger partial charge in [0.2, 0.25) is 5.91 Å². The van der Waals surface area contributed by atoms with Crippen LogP contribution in [0.4, 0.5) is 0 Å². The number of ether oxygens (including phenoxy) is 1. The van der Waals surface area contributed by atoms with E-state index in [1.54, 1.807) is 6.92 Å². The molecule has 0 aliphatic rings. The molecule has 0 bridgehead atoms. The molecular formula is C15H21N3O4. The summed E-state index contributed by atoms with van der Waals surface area (Å²) in [7, 11) is 1.26. The summed E-state index contributed by atoms with van der Waals surface area (Å²) in [6, 6.07) is 2.82. The molecule has 0 aromatic carbocycles. The van der Waals surface area contributed by atoms with Crippen molar-refractivity contribution in [1.29, 1.82) is 0 Å². The van der Waals surface area contributed by atoms with Gasteiger partial charge in [0, 0.05) is 6.20 Å². The number of hydrogen-bond donors (Lipinski definition) is 2. The maximum Gasteiger partial charge on any atom is 0.339 e. The zero-order valence-electron chi connectivity index (χ0n) is 13.2. The number of hydrogen-bond acceptors (Lipinski definition) is 5. The highest BCUT2D eigenvalue weighted by Crippen LogP contribution is 2.17. The van der Waals surface area contributed by atoms with Gasteiger partial charge in [-0.3, -0.25) is 14.6 Å². The molecule has 1 rings (SSSR count). The Kier molecular flexibility index (Phi) is 5.62. The predicted octanol–water partition coefficient (Wildman–Crippen LogP) is 0.888. The summed E-state index contributed by atoms with van der Waals surface area (Å²) < 4.78 is 4.55. The van der Waals surface area contributed by atoms with Crippen LogP contribution >= 0.6 is 0 Å². The summed E-state index contributed by atoms with van der Waals surface area (Å²) >= 11 is 0. The van der Waals surface area contributed by atoms with E-state index in [2.05, 4.69) is 15.0 Å². The van der Waals surface area contributed by atoms with Crippen molar-refractivity contribution in [1.82, 2.24) is 10.3 Å². The SMILES string of the molecule is COC(=O)c1ccc(C(=O)N[C@](C)(CC(C)C)C(N)=O)nc1. The van der Waals surface area contributed by atoms with Crippen LogP contribution in [0.1, 0.15) is 48.0 Å². The molecule has 0 radical (unpaired) electrons. The van der Waals surface area contributed by atoms with Gasteiger partial charge >= 0.3 is 5.97 Å². The van der Waals surface area contributed by atoms with Crippen LogP contribution < -0.4 is 11.1 Å². The average molecular weight is 307 g/mol. The number of nitrogens with two attached hydrogens (primary N) is 1. The number of primary amides is 1. The number of pyridine rings is 1. The third kappa shape index (κ3) is 4.28. The number of rotatable bonds is 6. The lowest BCUT2D eigenvalue weighted by molar-refractivity contribution is -0.124. The minimum atomic E-state index is -1.16. The highest BCUT2D eigenvalue weighted by Gasteiger charge is 2.34. The van der Waals surface area contributed by atoms with Crippen LogP contribution in [-0.4, -0.2) is 35.4 Å². The maximum atomic E-state index is 12.2. The van der Waals surface area contributed by atoms with Gasteiger partial charge in [-0.05, 0) is 31.4 Å². The molecule has 0 saturated heterocycles. The van der Waals surface area contributed by atoms with Gasteiger partial charge in [-0.2, -0.15) is 0 Å². The fourth-order valence-electron chi connectivity index (χ4n) is 2.11. The smallest absolute Gasteiger partial charge is 0.339 e. The highest BCUT2D eigenvalue weighted by atomic mass is 16.5. The second-order valence-electron chi connectivity index (χ2n) is 5.67. The van der Waals surface area contributed by atoms with Crippen molar-refractivity contribution in [3.63, 3.8) is 0 Å². The summed E-state index contributed by atoms with van der Waals surface area (Å²) in [5, 5.41) is 2.61. The second-order valence-corrected chi connectivity index (χ2v) is 5.67. The van der Waals surface area contributed by atoms with Crippen molar-refractivity contribution in [2.45, 2.75) is 32.7 Å². The number of carbonyl (C=O) groups excluding carboxylic acids is 3. The first-order chi connectivity index (χ1) is 10.2. The van der Waals surface area contributed by atoms with Crippen LogP contribution in [0.3, 0.4) is 0 Å². The topological polar surface area (TPSA) is 111 Å². The molecule has 7 nitrogen and oxygen atoms in total. The molecule has 2 amide bonds. The molecule has 0 fully saturated rings. The van der Waals surface area contributed by atoms with Crippen LogP contribution in [0, 0.1) is 5.92 Å². The number of nitrogens with zero attached hydrogens (tertiary/aromatic N) is 1. The molecule has 0 aliphatic carbocycles. The lowest BCUT2D eigenvalue weighted by Crippen LogP contribution is -2.56. The van der Waals surface area contributed by atoms with Gasteiger partial charge in [-0.15, -0.1) is 0 Å². The number of amides is 2. The molecule has 120 valence electrons. The number of esters is 1. The summed E-state index contributed by atoms with van der Waals surface area (Å²) in [6.07, 6.45) is 1.65. The minimum absolute atomic E-state index is 0.0869. The monoisotopic (exact) mass is 307 g/mol. The third-order valence-electron chi connectivity index (χ3n) is 3.17. The van der Waals surface area contributed by atoms with Gasteiger partial charge in [0.05, 0.1) is 12.7 Å². The number of methoxy groups -OCH3 is 1. The van der Waals surface area contributed by atoms with Crippen LogP contribution in [-0.2, 0) is 9.53 Å². The third-order valence-corrected chi connectivity index (χ3v) is 3.17. The Hall–Kier alpha value is -2.44. The lowest BCUT2D eigenvalue weighted by Gasteiger charge is -2.29. The fourth-order valence-corrected chi connectivity index (χ4v) is 2.11. The van der Waals surface area contributed by atoms with Gasteiger partial charge in [0.15, 0.2) is 0 Å². The Morgan fingerprint density at radius 3 is 2.41 bits per heavy atom. The van der Waals surface area contributed by atoms with Gasteiger partial charge in [-0.1, -0.05) is 13.8 Å². The second kappa shape index (κ2) is 7.02. The van der Waals surface area contributed by atoms with Crippen LogP contribution in [0.2, 0.25) is 0 Å². The van der Waals surface area contributed by atoms with Crippen molar-refractivity contribution < 1.29 is 19.1 Å². The molecule has 0 spiro atoms. The molecular weight excluding hydrogens is 286 g/mol. The zero-order valence-corrected chi connectivity index (χ0v) is 13.2. The Morgan fingerprint density at radius 1 is 1.36 bits per heavy atom. The van der Waals surface area contributed by atoms with Crippen molar-refractivity contribution >= 4 is 17.8 Å². The molecule has 1 heterocycles. The molecule has 7 heteroatoms. The molecule has 22 heavy (non-hydrogen) atoms. The Labute approximate surface area is 129 Å². The van der Waals surface area contributed by atoms with E-state index >= 15 is 0 Å². The molecule has 0 saturated carbocycles. The first kappa shape index (κ1) is 17.6. The van der Waals surface area contributed by atoms with Crippen molar-refractivity contribution in [2.24, 2.45) is 11.7 Å². The Morgan fingerprint density at radius 2 is 2.00 bits per heavy atom. The summed E-state index contributed by atoms with van der Waals surface area (Å²) in [6.45, 7) is 5.43. The van der Waals surface area contributed by atoms with E-state index in [0.29, 0.717) is 6.42 Å². The van der Waals surface area contributed by atoms with Crippen molar-refractivity contribution in [3.05, 3.63) is 29.6 Å². The van der Waals surface area contributed by atoms with Crippen LogP contribution in [0.5, 0.6) is 0 Å². The fraction of sp³-hybridized carbons (Fsp3) is 0.467. The summed E-state index contributed by atoms with van der Waals surface area (Å²) in [5.74, 6) is -1.51. The Balaban J connectivity index is 2.91. The molecule has 3 N–H and O–H groups in total. The van der Waals surface area contributed by atoms with E-state index in [-0.39, 0.29) is 17.2 Å². The number of aromatic nitrogens is 1.